The monoisotopic (exact) mass is 389 g/mol. The van der Waals surface area contributed by atoms with E-state index in [1.807, 2.05) is 42.5 Å². The van der Waals surface area contributed by atoms with Gasteiger partial charge >= 0.3 is 12.0 Å². The maximum Gasteiger partial charge on any atom is 0.317 e. The number of urea groups is 1. The van der Waals surface area contributed by atoms with Crippen molar-refractivity contribution in [1.29, 1.82) is 5.26 Å². The molecule has 0 unspecified atom stereocenters. The van der Waals surface area contributed by atoms with Crippen LogP contribution < -0.4 is 5.32 Å². The van der Waals surface area contributed by atoms with E-state index in [4.69, 9.17) is 0 Å². The van der Waals surface area contributed by atoms with Gasteiger partial charge in [0.1, 0.15) is 0 Å². The van der Waals surface area contributed by atoms with Crippen LogP contribution in [-0.4, -0.2) is 35.1 Å². The minimum Gasteiger partial charge on any atom is -0.481 e. The predicted molar refractivity (Wildman–Crippen MR) is 108 cm³/mol. The summed E-state index contributed by atoms with van der Waals surface area (Å²) in [6.07, 6.45) is 2.46. The fraction of sp³-hybridized carbons (Fsp3) is 0.348. The third kappa shape index (κ3) is 3.44. The largest absolute Gasteiger partial charge is 0.481 e. The first kappa shape index (κ1) is 19.0. The standard InChI is InChI=1S/C23H23N3O3/c24-12-18-4-1-2-6-20(18)17-9-7-16(8-10-17)13-25-22(29)26-14-19-5-3-11-23(19,15-26)21(27)28/h1-2,4,6-10,19H,3,5,11,13-15H2,(H,25,29)(H,27,28)/t19-,23+/m0/s1. The number of carbonyl (C=O) groups is 2. The number of nitrogens with zero attached hydrogens (tertiary/aromatic N) is 2. The van der Waals surface area contributed by atoms with Gasteiger partial charge in [-0.05, 0) is 41.5 Å². The minimum atomic E-state index is -0.775. The zero-order valence-electron chi connectivity index (χ0n) is 16.1. The Bertz CT molecular complexity index is 980. The number of rotatable bonds is 4. The number of nitrogens with one attached hydrogen (secondary N) is 1. The van der Waals surface area contributed by atoms with Crippen LogP contribution in [0.15, 0.2) is 48.5 Å². The van der Waals surface area contributed by atoms with Crippen LogP contribution >= 0.6 is 0 Å². The number of fused-ring (bicyclic) bond motifs is 1. The van der Waals surface area contributed by atoms with Crippen molar-refractivity contribution < 1.29 is 14.7 Å². The first-order valence-electron chi connectivity index (χ1n) is 9.88. The van der Waals surface area contributed by atoms with Crippen LogP contribution in [0, 0.1) is 22.7 Å². The molecule has 2 N–H and O–H groups in total. The molecule has 148 valence electrons. The number of nitriles is 1. The maximum atomic E-state index is 12.6. The van der Waals surface area contributed by atoms with Gasteiger partial charge in [0, 0.05) is 19.6 Å². The molecule has 1 heterocycles. The molecule has 29 heavy (non-hydrogen) atoms. The van der Waals surface area contributed by atoms with Crippen molar-refractivity contribution in [1.82, 2.24) is 10.2 Å². The fourth-order valence-electron chi connectivity index (χ4n) is 4.72. The van der Waals surface area contributed by atoms with Crippen LogP contribution in [0.5, 0.6) is 0 Å². The normalized spacial score (nSPS) is 22.7. The quantitative estimate of drug-likeness (QED) is 0.835. The molecule has 2 aromatic carbocycles. The third-order valence-corrected chi connectivity index (χ3v) is 6.34. The Kier molecular flexibility index (Phi) is 4.98. The number of carbonyl (C=O) groups excluding carboxylic acids is 1. The molecule has 0 bridgehead atoms. The average Bonchev–Trinajstić information content (AvgIpc) is 3.31. The maximum absolute atomic E-state index is 12.6. The second-order valence-electron chi connectivity index (χ2n) is 7.94. The smallest absolute Gasteiger partial charge is 0.317 e. The second-order valence-corrected chi connectivity index (χ2v) is 7.94. The Balaban J connectivity index is 1.38. The average molecular weight is 389 g/mol. The molecular weight excluding hydrogens is 366 g/mol. The second kappa shape index (κ2) is 7.59. The van der Waals surface area contributed by atoms with Crippen molar-refractivity contribution in [3.63, 3.8) is 0 Å². The Hall–Kier alpha value is -3.33. The van der Waals surface area contributed by atoms with Gasteiger partial charge < -0.3 is 15.3 Å². The summed E-state index contributed by atoms with van der Waals surface area (Å²) < 4.78 is 0. The minimum absolute atomic E-state index is 0.0604. The molecule has 2 aliphatic rings. The third-order valence-electron chi connectivity index (χ3n) is 6.34. The van der Waals surface area contributed by atoms with Gasteiger partial charge in [-0.3, -0.25) is 4.79 Å². The molecule has 6 nitrogen and oxygen atoms in total. The molecule has 2 aromatic rings. The first-order chi connectivity index (χ1) is 14.0. The molecule has 0 spiro atoms. The van der Waals surface area contributed by atoms with Gasteiger partial charge in [0.2, 0.25) is 0 Å². The topological polar surface area (TPSA) is 93.4 Å². The summed E-state index contributed by atoms with van der Waals surface area (Å²) in [5.41, 5.74) is 2.65. The molecule has 2 amide bonds. The number of hydrogen-bond acceptors (Lipinski definition) is 3. The molecule has 1 aliphatic carbocycles. The van der Waals surface area contributed by atoms with Gasteiger partial charge in [0.05, 0.1) is 17.0 Å². The van der Waals surface area contributed by atoms with Gasteiger partial charge in [0.15, 0.2) is 0 Å². The van der Waals surface area contributed by atoms with Crippen LogP contribution in [0.25, 0.3) is 11.1 Å². The van der Waals surface area contributed by atoms with Crippen molar-refractivity contribution >= 4 is 12.0 Å². The van der Waals surface area contributed by atoms with Gasteiger partial charge in [-0.1, -0.05) is 48.9 Å². The van der Waals surface area contributed by atoms with E-state index < -0.39 is 11.4 Å². The Morgan fingerprint density at radius 3 is 2.66 bits per heavy atom. The van der Waals surface area contributed by atoms with E-state index in [2.05, 4.69) is 11.4 Å². The number of aliphatic carboxylic acids is 1. The summed E-state index contributed by atoms with van der Waals surface area (Å²) in [4.78, 5) is 26.0. The number of hydrogen-bond donors (Lipinski definition) is 2. The van der Waals surface area contributed by atoms with Crippen molar-refractivity contribution in [2.24, 2.45) is 11.3 Å². The Morgan fingerprint density at radius 1 is 1.21 bits per heavy atom. The summed E-state index contributed by atoms with van der Waals surface area (Å²) in [6.45, 7) is 1.19. The molecule has 6 heteroatoms. The van der Waals surface area contributed by atoms with Crippen molar-refractivity contribution in [3.8, 4) is 17.2 Å². The van der Waals surface area contributed by atoms with Gasteiger partial charge in [0.25, 0.3) is 0 Å². The zero-order valence-corrected chi connectivity index (χ0v) is 16.1. The van der Waals surface area contributed by atoms with E-state index in [1.165, 1.54) is 0 Å². The highest BCUT2D eigenvalue weighted by Crippen LogP contribution is 2.48. The van der Waals surface area contributed by atoms with E-state index in [0.717, 1.165) is 29.5 Å². The molecule has 1 saturated carbocycles. The van der Waals surface area contributed by atoms with Gasteiger partial charge in [-0.2, -0.15) is 5.26 Å². The van der Waals surface area contributed by atoms with E-state index in [-0.39, 0.29) is 11.9 Å². The zero-order chi connectivity index (χ0) is 20.4. The molecule has 0 aromatic heterocycles. The number of benzene rings is 2. The predicted octanol–water partition coefficient (Wildman–Crippen LogP) is 3.62. The molecule has 1 aliphatic heterocycles. The lowest BCUT2D eigenvalue weighted by molar-refractivity contribution is -0.149. The van der Waals surface area contributed by atoms with Gasteiger partial charge in [-0.15, -0.1) is 0 Å². The number of carboxylic acids is 1. The highest BCUT2D eigenvalue weighted by Gasteiger charge is 2.55. The highest BCUT2D eigenvalue weighted by atomic mass is 16.4. The molecule has 2 atom stereocenters. The van der Waals surface area contributed by atoms with Crippen LogP contribution in [0.1, 0.15) is 30.4 Å². The molecule has 0 radical (unpaired) electrons. The summed E-state index contributed by atoms with van der Waals surface area (Å²) in [5.74, 6) is -0.714. The molecule has 2 fully saturated rings. The van der Waals surface area contributed by atoms with Crippen molar-refractivity contribution in [2.45, 2.75) is 25.8 Å². The molecule has 4 rings (SSSR count). The van der Waals surface area contributed by atoms with E-state index in [9.17, 15) is 20.0 Å². The van der Waals surface area contributed by atoms with Crippen LogP contribution in [-0.2, 0) is 11.3 Å². The van der Waals surface area contributed by atoms with Crippen molar-refractivity contribution in [2.75, 3.05) is 13.1 Å². The lowest BCUT2D eigenvalue weighted by Crippen LogP contribution is -2.41. The van der Waals surface area contributed by atoms with Gasteiger partial charge in [-0.25, -0.2) is 4.79 Å². The SMILES string of the molecule is N#Cc1ccccc1-c1ccc(CNC(=O)N2C[C@@H]3CCC[C@@]3(C(=O)O)C2)cc1. The van der Waals surface area contributed by atoms with Crippen LogP contribution in [0.2, 0.25) is 0 Å². The van der Waals surface area contributed by atoms with Crippen LogP contribution in [0.4, 0.5) is 4.79 Å². The Morgan fingerprint density at radius 2 is 1.97 bits per heavy atom. The lowest BCUT2D eigenvalue weighted by Gasteiger charge is -2.23. The molecule has 1 saturated heterocycles. The number of likely N-dealkylation sites (tertiary alicyclic amines) is 1. The summed E-state index contributed by atoms with van der Waals surface area (Å²) in [5, 5.41) is 21.8. The molecular formula is C23H23N3O3. The van der Waals surface area contributed by atoms with E-state index in [1.54, 1.807) is 11.0 Å². The summed E-state index contributed by atoms with van der Waals surface area (Å²) in [7, 11) is 0. The Labute approximate surface area is 169 Å². The lowest BCUT2D eigenvalue weighted by atomic mass is 9.81. The highest BCUT2D eigenvalue weighted by molar-refractivity contribution is 5.80. The van der Waals surface area contributed by atoms with E-state index >= 15 is 0 Å². The van der Waals surface area contributed by atoms with E-state index in [0.29, 0.717) is 31.6 Å². The first-order valence-corrected chi connectivity index (χ1v) is 9.88. The fourth-order valence-corrected chi connectivity index (χ4v) is 4.72. The summed E-state index contributed by atoms with van der Waals surface area (Å²) in [6, 6.07) is 17.2. The summed E-state index contributed by atoms with van der Waals surface area (Å²) >= 11 is 0. The number of amides is 2. The van der Waals surface area contributed by atoms with Crippen LogP contribution in [0.3, 0.4) is 0 Å². The number of carboxylic acid groups (broad SMARTS) is 1. The van der Waals surface area contributed by atoms with Crippen molar-refractivity contribution in [3.05, 3.63) is 59.7 Å².